The van der Waals surface area contributed by atoms with Gasteiger partial charge in [0, 0.05) is 6.42 Å². The van der Waals surface area contributed by atoms with Crippen LogP contribution in [0.5, 0.6) is 11.5 Å². The molecule has 0 heterocycles. The third kappa shape index (κ3) is 7.15. The van der Waals surface area contributed by atoms with E-state index in [0.29, 0.717) is 24.3 Å². The average Bonchev–Trinajstić information content (AvgIpc) is 2.71. The summed E-state index contributed by atoms with van der Waals surface area (Å²) in [6.07, 6.45) is 2.12. The molecule has 6 nitrogen and oxygen atoms in total. The number of para-hydroxylation sites is 1. The van der Waals surface area contributed by atoms with Crippen molar-refractivity contribution in [3.63, 3.8) is 0 Å². The van der Waals surface area contributed by atoms with Gasteiger partial charge in [-0.1, -0.05) is 30.3 Å². The van der Waals surface area contributed by atoms with Gasteiger partial charge in [0.15, 0.2) is 0 Å². The maximum absolute atomic E-state index is 12.1. The molecule has 2 rings (SSSR count). The third-order valence-corrected chi connectivity index (χ3v) is 3.89. The van der Waals surface area contributed by atoms with Crippen molar-refractivity contribution in [3.8, 4) is 17.6 Å². The van der Waals surface area contributed by atoms with Crippen molar-refractivity contribution < 1.29 is 23.8 Å². The molecule has 29 heavy (non-hydrogen) atoms. The summed E-state index contributed by atoms with van der Waals surface area (Å²) >= 11 is 0. The lowest BCUT2D eigenvalue weighted by molar-refractivity contribution is -0.138. The average molecular weight is 393 g/mol. The molecule has 0 atom stereocenters. The van der Waals surface area contributed by atoms with Crippen molar-refractivity contribution in [1.82, 2.24) is 0 Å². The summed E-state index contributed by atoms with van der Waals surface area (Å²) in [6, 6.07) is 16.1. The first-order chi connectivity index (χ1) is 14.0. The molecule has 6 heteroatoms. The smallest absolute Gasteiger partial charge is 0.348 e. The number of carbonyl (C=O) groups excluding carboxylic acids is 2. The minimum Gasteiger partial charge on any atom is -0.493 e. The van der Waals surface area contributed by atoms with Crippen LogP contribution in [0.4, 0.5) is 0 Å². The van der Waals surface area contributed by atoms with E-state index in [-0.39, 0.29) is 24.6 Å². The van der Waals surface area contributed by atoms with Crippen LogP contribution in [0.15, 0.2) is 54.1 Å². The van der Waals surface area contributed by atoms with E-state index in [1.54, 1.807) is 31.2 Å². The Labute approximate surface area is 170 Å². The summed E-state index contributed by atoms with van der Waals surface area (Å²) in [5.41, 5.74) is 1.48. The summed E-state index contributed by atoms with van der Waals surface area (Å²) in [4.78, 5) is 23.8. The Hall–Kier alpha value is -3.59. The molecule has 0 N–H and O–H groups in total. The van der Waals surface area contributed by atoms with Gasteiger partial charge in [-0.15, -0.1) is 0 Å². The monoisotopic (exact) mass is 393 g/mol. The van der Waals surface area contributed by atoms with Gasteiger partial charge < -0.3 is 14.2 Å². The largest absolute Gasteiger partial charge is 0.493 e. The molecule has 0 aliphatic carbocycles. The first kappa shape index (κ1) is 21.7. The number of esters is 2. The van der Waals surface area contributed by atoms with Crippen LogP contribution < -0.4 is 9.47 Å². The van der Waals surface area contributed by atoms with Gasteiger partial charge in [0.2, 0.25) is 0 Å². The van der Waals surface area contributed by atoms with Crippen LogP contribution in [0.3, 0.4) is 0 Å². The molecule has 0 aliphatic rings. The van der Waals surface area contributed by atoms with Gasteiger partial charge in [-0.25, -0.2) is 4.79 Å². The minimum atomic E-state index is -0.689. The molecule has 0 amide bonds. The third-order valence-electron chi connectivity index (χ3n) is 3.89. The van der Waals surface area contributed by atoms with E-state index in [1.165, 1.54) is 6.08 Å². The highest BCUT2D eigenvalue weighted by molar-refractivity contribution is 5.97. The van der Waals surface area contributed by atoms with Gasteiger partial charge >= 0.3 is 11.9 Å². The van der Waals surface area contributed by atoms with Gasteiger partial charge in [-0.05, 0) is 55.7 Å². The normalized spacial score (nSPS) is 10.7. The highest BCUT2D eigenvalue weighted by Crippen LogP contribution is 2.18. The fourth-order valence-corrected chi connectivity index (χ4v) is 2.48. The number of nitriles is 1. The second-order valence-corrected chi connectivity index (χ2v) is 6.15. The first-order valence-electron chi connectivity index (χ1n) is 9.31. The molecule has 0 fully saturated rings. The van der Waals surface area contributed by atoms with Gasteiger partial charge in [-0.2, -0.15) is 5.26 Å². The highest BCUT2D eigenvalue weighted by Gasteiger charge is 2.11. The first-order valence-corrected chi connectivity index (χ1v) is 9.31. The van der Waals surface area contributed by atoms with Crippen LogP contribution in [0.25, 0.3) is 6.08 Å². The molecular formula is C23H23NO5. The quantitative estimate of drug-likeness (QED) is 0.208. The zero-order valence-electron chi connectivity index (χ0n) is 16.5. The summed E-state index contributed by atoms with van der Waals surface area (Å²) < 4.78 is 15.8. The van der Waals surface area contributed by atoms with Crippen LogP contribution in [-0.2, 0) is 14.3 Å². The van der Waals surface area contributed by atoms with Crippen LogP contribution in [0.2, 0.25) is 0 Å². The molecule has 2 aromatic carbocycles. The number of nitrogens with zero attached hydrogens (tertiary/aromatic N) is 1. The van der Waals surface area contributed by atoms with Crippen molar-refractivity contribution in [2.45, 2.75) is 26.7 Å². The minimum absolute atomic E-state index is 0.122. The van der Waals surface area contributed by atoms with Gasteiger partial charge in [-0.3, -0.25) is 4.79 Å². The van der Waals surface area contributed by atoms with Crippen molar-refractivity contribution in [2.75, 3.05) is 13.2 Å². The topological polar surface area (TPSA) is 85.6 Å². The van der Waals surface area contributed by atoms with Crippen molar-refractivity contribution in [1.29, 1.82) is 5.26 Å². The van der Waals surface area contributed by atoms with Gasteiger partial charge in [0.1, 0.15) is 23.1 Å². The molecule has 0 bridgehead atoms. The van der Waals surface area contributed by atoms with E-state index in [1.807, 2.05) is 37.3 Å². The second-order valence-electron chi connectivity index (χ2n) is 6.15. The molecular weight excluding hydrogens is 370 g/mol. The fraction of sp³-hybridized carbons (Fsp3) is 0.261. The zero-order valence-corrected chi connectivity index (χ0v) is 16.5. The molecule has 0 aromatic heterocycles. The van der Waals surface area contributed by atoms with E-state index in [0.717, 1.165) is 11.3 Å². The Morgan fingerprint density at radius 3 is 2.66 bits per heavy atom. The number of aryl methyl sites for hydroxylation is 1. The lowest BCUT2D eigenvalue weighted by Crippen LogP contribution is -2.10. The highest BCUT2D eigenvalue weighted by atomic mass is 16.5. The SMILES string of the molecule is CCOC(=O)/C(C#N)=C/c1cccc(OC(=O)CCCOc2ccccc2C)c1. The summed E-state index contributed by atoms with van der Waals surface area (Å²) in [5, 5.41) is 9.10. The number of hydrogen-bond acceptors (Lipinski definition) is 6. The Morgan fingerprint density at radius 1 is 1.14 bits per heavy atom. The van der Waals surface area contributed by atoms with Crippen molar-refractivity contribution in [2.24, 2.45) is 0 Å². The summed E-state index contributed by atoms with van der Waals surface area (Å²) in [6.45, 7) is 4.22. The summed E-state index contributed by atoms with van der Waals surface area (Å²) in [7, 11) is 0. The molecule has 0 spiro atoms. The maximum Gasteiger partial charge on any atom is 0.348 e. The molecule has 0 saturated heterocycles. The molecule has 0 radical (unpaired) electrons. The second kappa shape index (κ2) is 11.3. The van der Waals surface area contributed by atoms with Crippen LogP contribution in [0.1, 0.15) is 30.9 Å². The number of ether oxygens (including phenoxy) is 3. The Bertz CT molecular complexity index is 927. The van der Waals surface area contributed by atoms with E-state index < -0.39 is 5.97 Å². The van der Waals surface area contributed by atoms with Crippen LogP contribution in [-0.4, -0.2) is 25.2 Å². The van der Waals surface area contributed by atoms with E-state index in [4.69, 9.17) is 19.5 Å². The number of benzene rings is 2. The Kier molecular flexibility index (Phi) is 8.46. The van der Waals surface area contributed by atoms with Crippen LogP contribution >= 0.6 is 0 Å². The standard InChI is InChI=1S/C23H23NO5/c1-3-27-23(26)19(16-24)14-18-9-6-10-20(15-18)29-22(25)12-7-13-28-21-11-5-4-8-17(21)2/h4-6,8-11,14-15H,3,7,12-13H2,1-2H3/b19-14+. The predicted octanol–water partition coefficient (Wildman–Crippen LogP) is 4.23. The van der Waals surface area contributed by atoms with Crippen LogP contribution in [0, 0.1) is 18.3 Å². The lowest BCUT2D eigenvalue weighted by Gasteiger charge is -2.09. The molecule has 0 aliphatic heterocycles. The number of rotatable bonds is 9. The van der Waals surface area contributed by atoms with E-state index in [9.17, 15) is 9.59 Å². The molecule has 0 saturated carbocycles. The molecule has 2 aromatic rings. The lowest BCUT2D eigenvalue weighted by atomic mass is 10.1. The maximum atomic E-state index is 12.1. The molecule has 150 valence electrons. The van der Waals surface area contributed by atoms with Gasteiger partial charge in [0.05, 0.1) is 13.2 Å². The predicted molar refractivity (Wildman–Crippen MR) is 108 cm³/mol. The van der Waals surface area contributed by atoms with Crippen molar-refractivity contribution >= 4 is 18.0 Å². The number of carbonyl (C=O) groups is 2. The van der Waals surface area contributed by atoms with Gasteiger partial charge in [0.25, 0.3) is 0 Å². The van der Waals surface area contributed by atoms with Crippen molar-refractivity contribution in [3.05, 3.63) is 65.2 Å². The fourth-order valence-electron chi connectivity index (χ4n) is 2.48. The Balaban J connectivity index is 1.87. The van der Waals surface area contributed by atoms with E-state index in [2.05, 4.69) is 0 Å². The Morgan fingerprint density at radius 2 is 1.93 bits per heavy atom. The zero-order chi connectivity index (χ0) is 21.1. The molecule has 0 unspecified atom stereocenters. The van der Waals surface area contributed by atoms with E-state index >= 15 is 0 Å². The number of hydrogen-bond donors (Lipinski definition) is 0. The summed E-state index contributed by atoms with van der Waals surface area (Å²) in [5.74, 6) is 0.0661.